The van der Waals surface area contributed by atoms with Crippen LogP contribution in [0.3, 0.4) is 0 Å². The topological polar surface area (TPSA) is 105 Å². The number of carbonyl (C=O) groups is 2. The fraction of sp³-hybridized carbons (Fsp3) is 0.562. The second-order valence-electron chi connectivity index (χ2n) is 6.42. The molecule has 24 heavy (non-hydrogen) atoms. The molecular weight excluding hydrogens is 330 g/mol. The number of pyridine rings is 1. The Hall–Kier alpha value is -1.96. The number of hydrogen-bond acceptors (Lipinski definition) is 5. The third-order valence-electron chi connectivity index (χ3n) is 3.79. The summed E-state index contributed by atoms with van der Waals surface area (Å²) in [5, 5.41) is 5.43. The number of aromatic nitrogens is 1. The van der Waals surface area contributed by atoms with E-state index in [-0.39, 0.29) is 28.8 Å². The van der Waals surface area contributed by atoms with Crippen molar-refractivity contribution in [2.24, 2.45) is 5.92 Å². The van der Waals surface area contributed by atoms with Crippen molar-refractivity contribution in [2.75, 3.05) is 18.1 Å². The first kappa shape index (κ1) is 18.4. The van der Waals surface area contributed by atoms with Crippen LogP contribution in [0.25, 0.3) is 0 Å². The Morgan fingerprint density at radius 1 is 1.25 bits per heavy atom. The van der Waals surface area contributed by atoms with Crippen molar-refractivity contribution in [3.63, 3.8) is 0 Å². The normalized spacial score (nSPS) is 19.2. The molecule has 1 aromatic heterocycles. The smallest absolute Gasteiger partial charge is 0.270 e. The van der Waals surface area contributed by atoms with Crippen LogP contribution in [-0.2, 0) is 9.84 Å². The highest BCUT2D eigenvalue weighted by Gasteiger charge is 2.29. The summed E-state index contributed by atoms with van der Waals surface area (Å²) < 4.78 is 22.9. The SMILES string of the molecule is CC(C)CCNC(=O)c1cccc(C(=O)NC2CCS(=O)(=O)C2)n1. The van der Waals surface area contributed by atoms with Crippen molar-refractivity contribution < 1.29 is 18.0 Å². The molecule has 0 aromatic carbocycles. The third-order valence-corrected chi connectivity index (χ3v) is 5.56. The molecule has 132 valence electrons. The number of hydrogen-bond donors (Lipinski definition) is 2. The van der Waals surface area contributed by atoms with E-state index in [1.165, 1.54) is 6.07 Å². The maximum absolute atomic E-state index is 12.2. The number of amides is 2. The van der Waals surface area contributed by atoms with Gasteiger partial charge in [0.05, 0.1) is 11.5 Å². The van der Waals surface area contributed by atoms with Gasteiger partial charge in [-0.3, -0.25) is 9.59 Å². The van der Waals surface area contributed by atoms with Gasteiger partial charge in [-0.1, -0.05) is 19.9 Å². The summed E-state index contributed by atoms with van der Waals surface area (Å²) in [5.74, 6) is -0.265. The van der Waals surface area contributed by atoms with Crippen molar-refractivity contribution in [3.05, 3.63) is 29.6 Å². The molecule has 2 heterocycles. The van der Waals surface area contributed by atoms with Crippen LogP contribution in [0.15, 0.2) is 18.2 Å². The second kappa shape index (κ2) is 7.74. The largest absolute Gasteiger partial charge is 0.351 e. The zero-order valence-corrected chi connectivity index (χ0v) is 14.7. The molecule has 0 bridgehead atoms. The van der Waals surface area contributed by atoms with Gasteiger partial charge in [0.15, 0.2) is 9.84 Å². The van der Waals surface area contributed by atoms with Crippen LogP contribution in [0, 0.1) is 5.92 Å². The number of rotatable bonds is 6. The molecule has 2 rings (SSSR count). The maximum Gasteiger partial charge on any atom is 0.270 e. The molecule has 2 amide bonds. The van der Waals surface area contributed by atoms with E-state index in [4.69, 9.17) is 0 Å². The van der Waals surface area contributed by atoms with Gasteiger partial charge >= 0.3 is 0 Å². The molecule has 0 aliphatic carbocycles. The van der Waals surface area contributed by atoms with Gasteiger partial charge in [0.1, 0.15) is 11.4 Å². The zero-order valence-electron chi connectivity index (χ0n) is 13.9. The van der Waals surface area contributed by atoms with Gasteiger partial charge in [-0.25, -0.2) is 13.4 Å². The summed E-state index contributed by atoms with van der Waals surface area (Å²) in [7, 11) is -3.06. The van der Waals surface area contributed by atoms with Crippen LogP contribution in [0.4, 0.5) is 0 Å². The maximum atomic E-state index is 12.2. The molecule has 1 atom stereocenters. The minimum absolute atomic E-state index is 0.0475. The van der Waals surface area contributed by atoms with E-state index in [0.717, 1.165) is 6.42 Å². The van der Waals surface area contributed by atoms with E-state index in [2.05, 4.69) is 29.5 Å². The minimum atomic E-state index is -3.06. The highest BCUT2D eigenvalue weighted by Crippen LogP contribution is 2.12. The third kappa shape index (κ3) is 5.30. The number of nitrogens with zero attached hydrogens (tertiary/aromatic N) is 1. The monoisotopic (exact) mass is 353 g/mol. The summed E-state index contributed by atoms with van der Waals surface area (Å²) >= 11 is 0. The van der Waals surface area contributed by atoms with Crippen molar-refractivity contribution in [1.29, 1.82) is 0 Å². The van der Waals surface area contributed by atoms with Crippen LogP contribution < -0.4 is 10.6 Å². The first-order valence-electron chi connectivity index (χ1n) is 8.03. The number of sulfone groups is 1. The molecule has 1 aliphatic rings. The summed E-state index contributed by atoms with van der Waals surface area (Å²) in [6.45, 7) is 4.69. The van der Waals surface area contributed by atoms with Gasteiger partial charge in [-0.15, -0.1) is 0 Å². The van der Waals surface area contributed by atoms with E-state index in [1.807, 2.05) is 0 Å². The molecule has 8 heteroatoms. The lowest BCUT2D eigenvalue weighted by Gasteiger charge is -2.11. The Morgan fingerprint density at radius 2 is 1.92 bits per heavy atom. The average molecular weight is 353 g/mol. The van der Waals surface area contributed by atoms with Gasteiger partial charge in [-0.2, -0.15) is 0 Å². The van der Waals surface area contributed by atoms with Crippen LogP contribution in [0.1, 0.15) is 47.7 Å². The van der Waals surface area contributed by atoms with Gasteiger partial charge < -0.3 is 10.6 Å². The molecule has 2 N–H and O–H groups in total. The molecule has 1 aliphatic heterocycles. The molecule has 0 saturated carbocycles. The van der Waals surface area contributed by atoms with Gasteiger partial charge in [-0.05, 0) is 30.9 Å². The lowest BCUT2D eigenvalue weighted by Crippen LogP contribution is -2.36. The Balaban J connectivity index is 1.96. The second-order valence-corrected chi connectivity index (χ2v) is 8.65. The van der Waals surface area contributed by atoms with Crippen molar-refractivity contribution in [2.45, 2.75) is 32.7 Å². The van der Waals surface area contributed by atoms with Gasteiger partial charge in [0, 0.05) is 12.6 Å². The van der Waals surface area contributed by atoms with E-state index in [9.17, 15) is 18.0 Å². The molecule has 1 fully saturated rings. The highest BCUT2D eigenvalue weighted by atomic mass is 32.2. The Morgan fingerprint density at radius 3 is 2.50 bits per heavy atom. The van der Waals surface area contributed by atoms with Gasteiger partial charge in [0.2, 0.25) is 0 Å². The summed E-state index contributed by atoms with van der Waals surface area (Å²) in [5.41, 5.74) is 0.279. The van der Waals surface area contributed by atoms with Crippen LogP contribution in [0.2, 0.25) is 0 Å². The Labute approximate surface area is 142 Å². The minimum Gasteiger partial charge on any atom is -0.351 e. The molecule has 0 radical (unpaired) electrons. The van der Waals surface area contributed by atoms with Crippen LogP contribution in [0.5, 0.6) is 0 Å². The first-order valence-corrected chi connectivity index (χ1v) is 9.85. The van der Waals surface area contributed by atoms with Crippen molar-refractivity contribution in [1.82, 2.24) is 15.6 Å². The lowest BCUT2D eigenvalue weighted by atomic mass is 10.1. The van der Waals surface area contributed by atoms with E-state index in [1.54, 1.807) is 12.1 Å². The summed E-state index contributed by atoms with van der Waals surface area (Å²) in [4.78, 5) is 28.3. The van der Waals surface area contributed by atoms with Gasteiger partial charge in [0.25, 0.3) is 11.8 Å². The summed E-state index contributed by atoms with van der Waals surface area (Å²) in [6, 6.07) is 4.24. The van der Waals surface area contributed by atoms with Crippen molar-refractivity contribution in [3.8, 4) is 0 Å². The predicted molar refractivity (Wildman–Crippen MR) is 90.6 cm³/mol. The molecule has 0 spiro atoms. The standard InChI is InChI=1S/C16H23N3O4S/c1-11(2)6-8-17-15(20)13-4-3-5-14(19-13)16(21)18-12-7-9-24(22,23)10-12/h3-5,11-12H,6-10H2,1-2H3,(H,17,20)(H,18,21). The molecular formula is C16H23N3O4S. The first-order chi connectivity index (χ1) is 11.3. The Kier molecular flexibility index (Phi) is 5.93. The van der Waals surface area contributed by atoms with Crippen LogP contribution in [-0.4, -0.2) is 49.3 Å². The quantitative estimate of drug-likeness (QED) is 0.786. The average Bonchev–Trinajstić information content (AvgIpc) is 2.85. The Bertz CT molecular complexity index is 716. The molecule has 1 saturated heterocycles. The van der Waals surface area contributed by atoms with E-state index >= 15 is 0 Å². The molecule has 7 nitrogen and oxygen atoms in total. The lowest BCUT2D eigenvalue weighted by molar-refractivity contribution is 0.0934. The number of carbonyl (C=O) groups excluding carboxylic acids is 2. The predicted octanol–water partition coefficient (Wildman–Crippen LogP) is 0.774. The highest BCUT2D eigenvalue weighted by molar-refractivity contribution is 7.91. The fourth-order valence-electron chi connectivity index (χ4n) is 2.42. The van der Waals surface area contributed by atoms with E-state index < -0.39 is 21.8 Å². The van der Waals surface area contributed by atoms with Crippen LogP contribution >= 0.6 is 0 Å². The van der Waals surface area contributed by atoms with Crippen molar-refractivity contribution >= 4 is 21.7 Å². The summed E-state index contributed by atoms with van der Waals surface area (Å²) in [6.07, 6.45) is 1.27. The fourth-order valence-corrected chi connectivity index (χ4v) is 4.09. The zero-order chi connectivity index (χ0) is 17.7. The molecule has 1 unspecified atom stereocenters. The van der Waals surface area contributed by atoms with E-state index in [0.29, 0.717) is 18.9 Å². The number of nitrogens with one attached hydrogen (secondary N) is 2. The molecule has 1 aromatic rings.